The van der Waals surface area contributed by atoms with E-state index in [9.17, 15) is 9.59 Å². The number of hydrogen-bond donors (Lipinski definition) is 0. The van der Waals surface area contributed by atoms with Crippen molar-refractivity contribution >= 4 is 40.5 Å². The molecule has 0 aliphatic carbocycles. The Hall–Kier alpha value is -3.62. The van der Waals surface area contributed by atoms with Crippen molar-refractivity contribution < 1.29 is 9.59 Å². The number of rotatable bonds is 6. The molecule has 4 aromatic rings. The van der Waals surface area contributed by atoms with Gasteiger partial charge < -0.3 is 0 Å². The molecule has 0 bridgehead atoms. The Bertz CT molecular complexity index is 1520. The van der Waals surface area contributed by atoms with Crippen LogP contribution < -0.4 is 0 Å². The third-order valence-electron chi connectivity index (χ3n) is 6.54. The molecule has 0 unspecified atom stereocenters. The van der Waals surface area contributed by atoms with Crippen molar-refractivity contribution in [3.8, 4) is 5.00 Å². The molecule has 0 N–H and O–H groups in total. The molecule has 9 heteroatoms. The number of amides is 2. The molecule has 2 amide bonds. The van der Waals surface area contributed by atoms with Crippen LogP contribution in [0, 0.1) is 0 Å². The molecule has 2 aromatic heterocycles. The molecule has 2 aromatic carbocycles. The lowest BCUT2D eigenvalue weighted by molar-refractivity contribution is 0.0652. The second kappa shape index (κ2) is 9.11. The fraction of sp³-hybridized carbons (Fsp3) is 0.222. The molecule has 180 valence electrons. The first kappa shape index (κ1) is 22.8. The number of carbonyl (C=O) groups is 2. The summed E-state index contributed by atoms with van der Waals surface area (Å²) in [5, 5.41) is 10.6. The fourth-order valence-electron chi connectivity index (χ4n) is 4.75. The van der Waals surface area contributed by atoms with Crippen LogP contribution in [0.5, 0.6) is 0 Å². The SMILES string of the molecule is CCc1cc2c(s1)-n1c(CCCN3C(=O)c4ccccc4C3=O)nnc1CN=C2c1ccccc1Cl. The van der Waals surface area contributed by atoms with Crippen molar-refractivity contribution in [2.24, 2.45) is 4.99 Å². The van der Waals surface area contributed by atoms with Crippen LogP contribution in [0.1, 0.15) is 61.7 Å². The number of fused-ring (bicyclic) bond motifs is 4. The molecule has 7 nitrogen and oxygen atoms in total. The highest BCUT2D eigenvalue weighted by Gasteiger charge is 2.34. The van der Waals surface area contributed by atoms with Gasteiger partial charge in [0.05, 0.1) is 16.8 Å². The standard InChI is InChI=1S/C27H22ClN5O2S/c1-2-16-14-20-24(19-10-5-6-11-21(19)28)29-15-23-31-30-22(33(23)27(20)36-16)12-7-13-32-25(34)17-8-3-4-9-18(17)26(32)35/h3-6,8-11,14H,2,7,12-13,15H2,1H3. The van der Waals surface area contributed by atoms with Crippen LogP contribution >= 0.6 is 22.9 Å². The summed E-state index contributed by atoms with van der Waals surface area (Å²) < 4.78 is 2.09. The van der Waals surface area contributed by atoms with Gasteiger partial charge in [-0.15, -0.1) is 21.5 Å². The van der Waals surface area contributed by atoms with Crippen molar-refractivity contribution in [1.29, 1.82) is 0 Å². The minimum atomic E-state index is -0.235. The summed E-state index contributed by atoms with van der Waals surface area (Å²) in [6, 6.07) is 16.9. The number of carbonyl (C=O) groups excluding carboxylic acids is 2. The van der Waals surface area contributed by atoms with Gasteiger partial charge in [0.1, 0.15) is 17.4 Å². The average Bonchev–Trinajstić information content (AvgIpc) is 3.54. The lowest BCUT2D eigenvalue weighted by atomic mass is 10.0. The first-order valence-corrected chi connectivity index (χ1v) is 13.1. The number of benzene rings is 2. The number of halogens is 1. The van der Waals surface area contributed by atoms with Crippen LogP contribution in [0.4, 0.5) is 0 Å². The van der Waals surface area contributed by atoms with Crippen molar-refractivity contribution in [2.75, 3.05) is 6.54 Å². The second-order valence-electron chi connectivity index (χ2n) is 8.71. The summed E-state index contributed by atoms with van der Waals surface area (Å²) in [6.45, 7) is 2.84. The summed E-state index contributed by atoms with van der Waals surface area (Å²) in [4.78, 5) is 32.9. The normalized spacial score (nSPS) is 14.4. The van der Waals surface area contributed by atoms with Gasteiger partial charge in [0, 0.05) is 34.0 Å². The van der Waals surface area contributed by atoms with Gasteiger partial charge in [-0.05, 0) is 37.1 Å². The third-order valence-corrected chi connectivity index (χ3v) is 8.13. The Morgan fingerprint density at radius 3 is 2.33 bits per heavy atom. The van der Waals surface area contributed by atoms with Gasteiger partial charge in [-0.1, -0.05) is 48.9 Å². The highest BCUT2D eigenvalue weighted by Crippen LogP contribution is 2.35. The second-order valence-corrected chi connectivity index (χ2v) is 10.2. The molecule has 0 atom stereocenters. The van der Waals surface area contributed by atoms with E-state index >= 15 is 0 Å². The summed E-state index contributed by atoms with van der Waals surface area (Å²) in [5.41, 5.74) is 3.71. The predicted molar refractivity (Wildman–Crippen MR) is 140 cm³/mol. The zero-order valence-electron chi connectivity index (χ0n) is 19.6. The summed E-state index contributed by atoms with van der Waals surface area (Å²) >= 11 is 8.26. The molecule has 2 aliphatic rings. The molecule has 0 radical (unpaired) electrons. The average molecular weight is 516 g/mol. The first-order valence-electron chi connectivity index (χ1n) is 11.9. The van der Waals surface area contributed by atoms with E-state index in [-0.39, 0.29) is 11.8 Å². The largest absolute Gasteiger partial charge is 0.276 e. The number of imide groups is 1. The third kappa shape index (κ3) is 3.68. The van der Waals surface area contributed by atoms with E-state index in [0.29, 0.717) is 42.1 Å². The summed E-state index contributed by atoms with van der Waals surface area (Å²) in [7, 11) is 0. The zero-order chi connectivity index (χ0) is 24.8. The van der Waals surface area contributed by atoms with Gasteiger partial charge in [-0.2, -0.15) is 0 Å². The van der Waals surface area contributed by atoms with Gasteiger partial charge in [0.15, 0.2) is 5.82 Å². The Kier molecular flexibility index (Phi) is 5.78. The van der Waals surface area contributed by atoms with Crippen LogP contribution in [0.3, 0.4) is 0 Å². The fourth-order valence-corrected chi connectivity index (χ4v) is 6.11. The molecule has 0 saturated heterocycles. The van der Waals surface area contributed by atoms with Crippen LogP contribution in [0.15, 0.2) is 59.6 Å². The quantitative estimate of drug-likeness (QED) is 0.334. The Morgan fingerprint density at radius 2 is 1.64 bits per heavy atom. The Morgan fingerprint density at radius 1 is 0.944 bits per heavy atom. The maximum atomic E-state index is 12.7. The molecular weight excluding hydrogens is 494 g/mol. The smallest absolute Gasteiger partial charge is 0.261 e. The maximum Gasteiger partial charge on any atom is 0.261 e. The maximum absolute atomic E-state index is 12.7. The van der Waals surface area contributed by atoms with Gasteiger partial charge in [0.2, 0.25) is 0 Å². The van der Waals surface area contributed by atoms with Crippen molar-refractivity contribution in [1.82, 2.24) is 19.7 Å². The minimum Gasteiger partial charge on any atom is -0.276 e. The van der Waals surface area contributed by atoms with E-state index in [1.807, 2.05) is 24.3 Å². The number of aliphatic imine (C=N–C) groups is 1. The van der Waals surface area contributed by atoms with Crippen LogP contribution in [-0.2, 0) is 19.4 Å². The Balaban J connectivity index is 1.29. The van der Waals surface area contributed by atoms with E-state index in [1.165, 1.54) is 9.78 Å². The van der Waals surface area contributed by atoms with Gasteiger partial charge in [0.25, 0.3) is 11.8 Å². The minimum absolute atomic E-state index is 0.235. The lowest BCUT2D eigenvalue weighted by Gasteiger charge is -2.14. The van der Waals surface area contributed by atoms with E-state index in [4.69, 9.17) is 16.6 Å². The van der Waals surface area contributed by atoms with E-state index in [1.54, 1.807) is 35.6 Å². The predicted octanol–water partition coefficient (Wildman–Crippen LogP) is 5.12. The van der Waals surface area contributed by atoms with Crippen molar-refractivity contribution in [3.63, 3.8) is 0 Å². The first-order chi connectivity index (χ1) is 17.6. The van der Waals surface area contributed by atoms with Gasteiger partial charge >= 0.3 is 0 Å². The molecule has 6 rings (SSSR count). The molecule has 0 fully saturated rings. The molecule has 2 aliphatic heterocycles. The summed E-state index contributed by atoms with van der Waals surface area (Å²) in [6.07, 6.45) is 2.06. The Labute approximate surface area is 217 Å². The zero-order valence-corrected chi connectivity index (χ0v) is 21.1. The highest BCUT2D eigenvalue weighted by atomic mass is 35.5. The van der Waals surface area contributed by atoms with Crippen LogP contribution in [0.2, 0.25) is 5.02 Å². The van der Waals surface area contributed by atoms with E-state index in [0.717, 1.165) is 39.9 Å². The monoisotopic (exact) mass is 515 g/mol. The topological polar surface area (TPSA) is 80.5 Å². The molecule has 0 saturated carbocycles. The molecule has 0 spiro atoms. The number of aromatic nitrogens is 3. The lowest BCUT2D eigenvalue weighted by Crippen LogP contribution is -2.31. The van der Waals surface area contributed by atoms with Gasteiger partial charge in [-0.25, -0.2) is 0 Å². The number of aryl methyl sites for hydroxylation is 2. The van der Waals surface area contributed by atoms with Crippen molar-refractivity contribution in [2.45, 2.75) is 32.7 Å². The number of nitrogens with zero attached hydrogens (tertiary/aromatic N) is 5. The number of hydrogen-bond acceptors (Lipinski definition) is 6. The highest BCUT2D eigenvalue weighted by molar-refractivity contribution is 7.15. The van der Waals surface area contributed by atoms with Gasteiger partial charge in [-0.3, -0.25) is 24.0 Å². The van der Waals surface area contributed by atoms with Crippen LogP contribution in [0.25, 0.3) is 5.00 Å². The van der Waals surface area contributed by atoms with E-state index < -0.39 is 0 Å². The van der Waals surface area contributed by atoms with Crippen LogP contribution in [-0.4, -0.2) is 43.7 Å². The van der Waals surface area contributed by atoms with Crippen molar-refractivity contribution in [3.05, 3.63) is 98.4 Å². The molecule has 4 heterocycles. The summed E-state index contributed by atoms with van der Waals surface area (Å²) in [5.74, 6) is 1.09. The molecule has 36 heavy (non-hydrogen) atoms. The van der Waals surface area contributed by atoms with E-state index in [2.05, 4.69) is 27.8 Å². The number of thiophene rings is 1. The molecular formula is C27H22ClN5O2S.